The van der Waals surface area contributed by atoms with Gasteiger partial charge in [-0.2, -0.15) is 0 Å². The third kappa shape index (κ3) is 5.21. The standard InChI is InChI=1S/C22H24N4O3S/c1-12(2)19(25-20(28)15-7-5-13(3)6-8-15)21(29)26-22-24-17-10-9-16(23-14(4)27)11-18(17)30-22/h5-12,19H,1-4H3,(H,23,27)(H,25,28)(H,24,26,29). The van der Waals surface area contributed by atoms with Crippen LogP contribution in [0.1, 0.15) is 36.7 Å². The number of nitrogens with zero attached hydrogens (tertiary/aromatic N) is 1. The number of hydrogen-bond donors (Lipinski definition) is 3. The molecular formula is C22H24N4O3S. The highest BCUT2D eigenvalue weighted by atomic mass is 32.1. The van der Waals surface area contributed by atoms with Gasteiger partial charge in [0.2, 0.25) is 11.8 Å². The number of carbonyl (C=O) groups is 3. The fourth-order valence-electron chi connectivity index (χ4n) is 2.91. The van der Waals surface area contributed by atoms with Gasteiger partial charge in [-0.1, -0.05) is 42.9 Å². The molecule has 2 aromatic carbocycles. The summed E-state index contributed by atoms with van der Waals surface area (Å²) in [4.78, 5) is 41.1. The Labute approximate surface area is 178 Å². The zero-order valence-electron chi connectivity index (χ0n) is 17.3. The van der Waals surface area contributed by atoms with Crippen molar-refractivity contribution in [2.75, 3.05) is 10.6 Å². The van der Waals surface area contributed by atoms with Crippen molar-refractivity contribution < 1.29 is 14.4 Å². The molecule has 1 unspecified atom stereocenters. The molecule has 3 rings (SSSR count). The second-order valence-electron chi connectivity index (χ2n) is 7.43. The molecule has 1 heterocycles. The zero-order valence-corrected chi connectivity index (χ0v) is 18.1. The number of aromatic nitrogens is 1. The lowest BCUT2D eigenvalue weighted by Crippen LogP contribution is -2.47. The predicted octanol–water partition coefficient (Wildman–Crippen LogP) is 3.96. The molecule has 3 amide bonds. The molecule has 0 aliphatic rings. The van der Waals surface area contributed by atoms with Gasteiger partial charge < -0.3 is 16.0 Å². The number of thiazole rings is 1. The van der Waals surface area contributed by atoms with Gasteiger partial charge in [-0.3, -0.25) is 14.4 Å². The lowest BCUT2D eigenvalue weighted by molar-refractivity contribution is -0.119. The quantitative estimate of drug-likeness (QED) is 0.558. The summed E-state index contributed by atoms with van der Waals surface area (Å²) in [5.41, 5.74) is 2.95. The Kier molecular flexibility index (Phi) is 6.47. The summed E-state index contributed by atoms with van der Waals surface area (Å²) in [6.45, 7) is 7.14. The summed E-state index contributed by atoms with van der Waals surface area (Å²) >= 11 is 1.31. The maximum atomic E-state index is 12.8. The van der Waals surface area contributed by atoms with Crippen LogP contribution in [0.3, 0.4) is 0 Å². The van der Waals surface area contributed by atoms with Crippen LogP contribution in [0.4, 0.5) is 10.8 Å². The lowest BCUT2D eigenvalue weighted by atomic mass is 10.0. The molecule has 0 bridgehead atoms. The van der Waals surface area contributed by atoms with Crippen molar-refractivity contribution in [2.45, 2.75) is 33.7 Å². The summed E-state index contributed by atoms with van der Waals surface area (Å²) in [5.74, 6) is -0.892. The van der Waals surface area contributed by atoms with Crippen molar-refractivity contribution in [1.82, 2.24) is 10.3 Å². The Morgan fingerprint density at radius 2 is 1.70 bits per heavy atom. The number of aryl methyl sites for hydroxylation is 1. The van der Waals surface area contributed by atoms with Crippen molar-refractivity contribution in [3.8, 4) is 0 Å². The van der Waals surface area contributed by atoms with Gasteiger partial charge in [-0.25, -0.2) is 4.98 Å². The first-order valence-corrected chi connectivity index (χ1v) is 10.4. The van der Waals surface area contributed by atoms with Gasteiger partial charge in [0.15, 0.2) is 5.13 Å². The molecular weight excluding hydrogens is 400 g/mol. The van der Waals surface area contributed by atoms with E-state index in [-0.39, 0.29) is 23.6 Å². The molecule has 30 heavy (non-hydrogen) atoms. The first-order valence-electron chi connectivity index (χ1n) is 9.59. The predicted molar refractivity (Wildman–Crippen MR) is 120 cm³/mol. The first kappa shape index (κ1) is 21.4. The van der Waals surface area contributed by atoms with E-state index in [1.54, 1.807) is 24.3 Å². The second kappa shape index (κ2) is 9.04. The van der Waals surface area contributed by atoms with Crippen LogP contribution < -0.4 is 16.0 Å². The fraction of sp³-hybridized carbons (Fsp3) is 0.273. The van der Waals surface area contributed by atoms with E-state index in [9.17, 15) is 14.4 Å². The van der Waals surface area contributed by atoms with Crippen molar-refractivity contribution in [2.24, 2.45) is 5.92 Å². The van der Waals surface area contributed by atoms with E-state index in [1.807, 2.05) is 39.0 Å². The summed E-state index contributed by atoms with van der Waals surface area (Å²) in [7, 11) is 0. The Bertz CT molecular complexity index is 1090. The molecule has 0 aliphatic carbocycles. The number of benzene rings is 2. The van der Waals surface area contributed by atoms with Gasteiger partial charge in [0, 0.05) is 18.2 Å². The zero-order chi connectivity index (χ0) is 21.8. The summed E-state index contributed by atoms with van der Waals surface area (Å²) in [6.07, 6.45) is 0. The Morgan fingerprint density at radius 3 is 2.33 bits per heavy atom. The summed E-state index contributed by atoms with van der Waals surface area (Å²) < 4.78 is 0.835. The molecule has 8 heteroatoms. The number of carbonyl (C=O) groups excluding carboxylic acids is 3. The molecule has 0 spiro atoms. The maximum Gasteiger partial charge on any atom is 0.251 e. The topological polar surface area (TPSA) is 100 Å². The van der Waals surface area contributed by atoms with Crippen LogP contribution in [0.5, 0.6) is 0 Å². The van der Waals surface area contributed by atoms with Crippen LogP contribution in [0.2, 0.25) is 0 Å². The fourth-order valence-corrected chi connectivity index (χ4v) is 3.81. The van der Waals surface area contributed by atoms with Crippen LogP contribution in [0.15, 0.2) is 42.5 Å². The van der Waals surface area contributed by atoms with Gasteiger partial charge in [0.25, 0.3) is 5.91 Å². The number of amides is 3. The Balaban J connectivity index is 1.73. The molecule has 1 aromatic heterocycles. The Morgan fingerprint density at radius 1 is 1.00 bits per heavy atom. The number of hydrogen-bond acceptors (Lipinski definition) is 5. The molecule has 3 aromatic rings. The molecule has 0 aliphatic heterocycles. The van der Waals surface area contributed by atoms with E-state index in [2.05, 4.69) is 20.9 Å². The normalized spacial score (nSPS) is 11.9. The van der Waals surface area contributed by atoms with Crippen molar-refractivity contribution in [1.29, 1.82) is 0 Å². The lowest BCUT2D eigenvalue weighted by Gasteiger charge is -2.21. The Hall–Kier alpha value is -3.26. The van der Waals surface area contributed by atoms with E-state index in [4.69, 9.17) is 0 Å². The van der Waals surface area contributed by atoms with Crippen LogP contribution >= 0.6 is 11.3 Å². The molecule has 0 saturated carbocycles. The maximum absolute atomic E-state index is 12.8. The second-order valence-corrected chi connectivity index (χ2v) is 8.46. The van der Waals surface area contributed by atoms with Gasteiger partial charge in [0.05, 0.1) is 10.2 Å². The minimum Gasteiger partial charge on any atom is -0.340 e. The molecule has 1 atom stereocenters. The van der Waals surface area contributed by atoms with Crippen molar-refractivity contribution in [3.63, 3.8) is 0 Å². The number of anilines is 2. The average molecular weight is 425 g/mol. The highest BCUT2D eigenvalue weighted by molar-refractivity contribution is 7.22. The largest absolute Gasteiger partial charge is 0.340 e. The highest BCUT2D eigenvalue weighted by Crippen LogP contribution is 2.28. The van der Waals surface area contributed by atoms with Crippen molar-refractivity contribution >= 4 is 50.1 Å². The average Bonchev–Trinajstić information content (AvgIpc) is 3.07. The minimum atomic E-state index is -0.708. The highest BCUT2D eigenvalue weighted by Gasteiger charge is 2.25. The third-order valence-electron chi connectivity index (χ3n) is 4.49. The van der Waals surface area contributed by atoms with Gasteiger partial charge in [-0.15, -0.1) is 0 Å². The smallest absolute Gasteiger partial charge is 0.251 e. The first-order chi connectivity index (χ1) is 14.2. The van der Waals surface area contributed by atoms with Gasteiger partial charge >= 0.3 is 0 Å². The van der Waals surface area contributed by atoms with E-state index in [0.717, 1.165) is 10.3 Å². The van der Waals surface area contributed by atoms with E-state index < -0.39 is 6.04 Å². The number of rotatable bonds is 6. The van der Waals surface area contributed by atoms with Crippen LogP contribution in [-0.2, 0) is 9.59 Å². The molecule has 0 saturated heterocycles. The monoisotopic (exact) mass is 424 g/mol. The van der Waals surface area contributed by atoms with Crippen LogP contribution in [0, 0.1) is 12.8 Å². The van der Waals surface area contributed by atoms with Gasteiger partial charge in [0.1, 0.15) is 6.04 Å². The number of fused-ring (bicyclic) bond motifs is 1. The van der Waals surface area contributed by atoms with Gasteiger partial charge in [-0.05, 0) is 43.2 Å². The molecule has 7 nitrogen and oxygen atoms in total. The van der Waals surface area contributed by atoms with Crippen molar-refractivity contribution in [3.05, 3.63) is 53.6 Å². The SMILES string of the molecule is CC(=O)Nc1ccc2nc(NC(=O)C(NC(=O)c3ccc(C)cc3)C(C)C)sc2c1. The van der Waals surface area contributed by atoms with Crippen LogP contribution in [0.25, 0.3) is 10.2 Å². The van der Waals surface area contributed by atoms with E-state index >= 15 is 0 Å². The molecule has 156 valence electrons. The number of nitrogens with one attached hydrogen (secondary N) is 3. The molecule has 0 fully saturated rings. The summed E-state index contributed by atoms with van der Waals surface area (Å²) in [5, 5.41) is 8.78. The molecule has 0 radical (unpaired) electrons. The summed E-state index contributed by atoms with van der Waals surface area (Å²) in [6, 6.07) is 11.8. The third-order valence-corrected chi connectivity index (χ3v) is 5.42. The van der Waals surface area contributed by atoms with E-state index in [0.29, 0.717) is 21.9 Å². The minimum absolute atomic E-state index is 0.111. The molecule has 3 N–H and O–H groups in total. The van der Waals surface area contributed by atoms with Crippen LogP contribution in [-0.4, -0.2) is 28.7 Å². The van der Waals surface area contributed by atoms with E-state index in [1.165, 1.54) is 18.3 Å².